The number of nitro benzene ring substituents is 1. The van der Waals surface area contributed by atoms with Crippen LogP contribution in [-0.2, 0) is 6.61 Å². The minimum atomic E-state index is -0.471. The number of halogens is 1. The molecule has 0 aliphatic carbocycles. The summed E-state index contributed by atoms with van der Waals surface area (Å²) in [6.07, 6.45) is 0. The lowest BCUT2D eigenvalue weighted by atomic mass is 10.1. The third kappa shape index (κ3) is 3.79. The number of benzene rings is 2. The molecule has 0 fully saturated rings. The highest BCUT2D eigenvalue weighted by molar-refractivity contribution is 9.10. The number of hydrogen-bond acceptors (Lipinski definition) is 4. The Balaban J connectivity index is 2.10. The van der Waals surface area contributed by atoms with Gasteiger partial charge in [-0.05, 0) is 27.6 Å². The van der Waals surface area contributed by atoms with Crippen LogP contribution in [0.5, 0.6) is 5.75 Å². The van der Waals surface area contributed by atoms with E-state index < -0.39 is 4.92 Å². The fourth-order valence-corrected chi connectivity index (χ4v) is 2.02. The molecular weight excluding hydrogens is 338 g/mol. The van der Waals surface area contributed by atoms with Crippen LogP contribution >= 0.6 is 15.9 Å². The highest BCUT2D eigenvalue weighted by atomic mass is 79.9. The van der Waals surface area contributed by atoms with Crippen LogP contribution in [-0.4, -0.2) is 10.8 Å². The molecule has 0 unspecified atom stereocenters. The lowest BCUT2D eigenvalue weighted by Gasteiger charge is -2.08. The molecule has 0 saturated heterocycles. The number of nitrogen functional groups attached to an aromatic ring is 1. The predicted molar refractivity (Wildman–Crippen MR) is 82.6 cm³/mol. The van der Waals surface area contributed by atoms with Gasteiger partial charge in [0.05, 0.1) is 15.5 Å². The van der Waals surface area contributed by atoms with Gasteiger partial charge in [0.2, 0.25) is 0 Å². The first-order valence-corrected chi connectivity index (χ1v) is 6.77. The monoisotopic (exact) mass is 349 g/mol. The first-order valence-electron chi connectivity index (χ1n) is 5.97. The van der Waals surface area contributed by atoms with Crippen molar-refractivity contribution in [3.05, 3.63) is 68.2 Å². The molecule has 2 aromatic carbocycles. The Hall–Kier alpha value is -2.41. The molecule has 0 aliphatic rings. The first kappa shape index (κ1) is 15.0. The number of nitrogens with two attached hydrogens (primary N) is 1. The summed E-state index contributed by atoms with van der Waals surface area (Å²) in [5.41, 5.74) is 6.86. The fourth-order valence-electron chi connectivity index (χ4n) is 1.66. The standard InChI is InChI=1S/C14H12BrN3O3/c15-12-6-5-11(18(19)20)7-13(12)21-8-9-1-3-10(4-2-9)14(16)17/h1-7H,8H2,(H3,16,17). The summed E-state index contributed by atoms with van der Waals surface area (Å²) in [5, 5.41) is 18.1. The first-order chi connectivity index (χ1) is 9.97. The molecule has 0 atom stereocenters. The minimum absolute atomic E-state index is 0.00361. The Morgan fingerprint density at radius 2 is 1.95 bits per heavy atom. The molecule has 7 heteroatoms. The Morgan fingerprint density at radius 1 is 1.29 bits per heavy atom. The zero-order valence-corrected chi connectivity index (χ0v) is 12.5. The van der Waals surface area contributed by atoms with E-state index in [0.717, 1.165) is 5.56 Å². The Kier molecular flexibility index (Phi) is 4.54. The summed E-state index contributed by atoms with van der Waals surface area (Å²) in [6.45, 7) is 0.262. The van der Waals surface area contributed by atoms with E-state index >= 15 is 0 Å². The fraction of sp³-hybridized carbons (Fsp3) is 0.0714. The lowest BCUT2D eigenvalue weighted by Crippen LogP contribution is -2.10. The molecule has 2 aromatic rings. The van der Waals surface area contributed by atoms with Gasteiger partial charge in [-0.2, -0.15) is 0 Å². The summed E-state index contributed by atoms with van der Waals surface area (Å²) in [5.74, 6) is 0.406. The number of ether oxygens (including phenoxy) is 1. The van der Waals surface area contributed by atoms with Gasteiger partial charge in [-0.3, -0.25) is 15.5 Å². The molecule has 0 aliphatic heterocycles. The highest BCUT2D eigenvalue weighted by Crippen LogP contribution is 2.29. The van der Waals surface area contributed by atoms with Crippen molar-refractivity contribution in [2.75, 3.05) is 0 Å². The topological polar surface area (TPSA) is 102 Å². The van der Waals surface area contributed by atoms with Gasteiger partial charge in [0.25, 0.3) is 5.69 Å². The van der Waals surface area contributed by atoms with Crippen molar-refractivity contribution in [2.24, 2.45) is 5.73 Å². The summed E-state index contributed by atoms with van der Waals surface area (Å²) in [4.78, 5) is 10.3. The Morgan fingerprint density at radius 3 is 2.52 bits per heavy atom. The smallest absolute Gasteiger partial charge is 0.273 e. The molecular formula is C14H12BrN3O3. The number of rotatable bonds is 5. The average Bonchev–Trinajstić information content (AvgIpc) is 2.46. The largest absolute Gasteiger partial charge is 0.487 e. The number of nitro groups is 1. The predicted octanol–water partition coefficient (Wildman–Crippen LogP) is 3.22. The zero-order valence-electron chi connectivity index (χ0n) is 10.9. The van der Waals surface area contributed by atoms with Gasteiger partial charge in [0.15, 0.2) is 0 Å². The van der Waals surface area contributed by atoms with Gasteiger partial charge in [-0.25, -0.2) is 0 Å². The molecule has 0 spiro atoms. The minimum Gasteiger partial charge on any atom is -0.487 e. The number of hydrogen-bond donors (Lipinski definition) is 2. The van der Waals surface area contributed by atoms with Gasteiger partial charge < -0.3 is 10.5 Å². The Bertz CT molecular complexity index is 686. The van der Waals surface area contributed by atoms with Crippen LogP contribution in [0.4, 0.5) is 5.69 Å². The van der Waals surface area contributed by atoms with Crippen molar-refractivity contribution >= 4 is 27.5 Å². The van der Waals surface area contributed by atoms with E-state index in [2.05, 4.69) is 15.9 Å². The normalized spacial score (nSPS) is 10.1. The van der Waals surface area contributed by atoms with Crippen molar-refractivity contribution in [3.8, 4) is 5.75 Å². The van der Waals surface area contributed by atoms with Crippen LogP contribution in [0.15, 0.2) is 46.9 Å². The van der Waals surface area contributed by atoms with Gasteiger partial charge in [0.1, 0.15) is 18.2 Å². The summed E-state index contributed by atoms with van der Waals surface area (Å²) in [7, 11) is 0. The van der Waals surface area contributed by atoms with Gasteiger partial charge in [-0.15, -0.1) is 0 Å². The lowest BCUT2D eigenvalue weighted by molar-refractivity contribution is -0.385. The van der Waals surface area contributed by atoms with Crippen LogP contribution in [0, 0.1) is 15.5 Å². The van der Waals surface area contributed by atoms with Gasteiger partial charge in [-0.1, -0.05) is 24.3 Å². The van der Waals surface area contributed by atoms with E-state index in [4.69, 9.17) is 15.9 Å². The second-order valence-corrected chi connectivity index (χ2v) is 5.13. The zero-order chi connectivity index (χ0) is 15.4. The van der Waals surface area contributed by atoms with Crippen molar-refractivity contribution in [3.63, 3.8) is 0 Å². The van der Waals surface area contributed by atoms with Crippen molar-refractivity contribution < 1.29 is 9.66 Å². The second kappa shape index (κ2) is 6.36. The molecule has 2 rings (SSSR count). The molecule has 108 valence electrons. The number of amidine groups is 1. The highest BCUT2D eigenvalue weighted by Gasteiger charge is 2.10. The maximum atomic E-state index is 10.7. The molecule has 6 nitrogen and oxygen atoms in total. The van der Waals surface area contributed by atoms with Crippen molar-refractivity contribution in [1.29, 1.82) is 5.41 Å². The van der Waals surface area contributed by atoms with E-state index in [1.165, 1.54) is 12.1 Å². The number of nitrogens with one attached hydrogen (secondary N) is 1. The third-order valence-electron chi connectivity index (χ3n) is 2.78. The molecule has 0 bridgehead atoms. The van der Waals surface area contributed by atoms with Crippen LogP contribution in [0.1, 0.15) is 11.1 Å². The van der Waals surface area contributed by atoms with E-state index in [0.29, 0.717) is 15.8 Å². The third-order valence-corrected chi connectivity index (χ3v) is 3.44. The van der Waals surface area contributed by atoms with Crippen LogP contribution < -0.4 is 10.5 Å². The molecule has 3 N–H and O–H groups in total. The number of nitrogens with zero attached hydrogens (tertiary/aromatic N) is 1. The van der Waals surface area contributed by atoms with Gasteiger partial charge in [0, 0.05) is 11.6 Å². The molecule has 0 radical (unpaired) electrons. The van der Waals surface area contributed by atoms with E-state index in [1.54, 1.807) is 30.3 Å². The van der Waals surface area contributed by atoms with Crippen LogP contribution in [0.2, 0.25) is 0 Å². The second-order valence-electron chi connectivity index (χ2n) is 4.27. The molecule has 21 heavy (non-hydrogen) atoms. The molecule has 0 amide bonds. The van der Waals surface area contributed by atoms with E-state index in [9.17, 15) is 10.1 Å². The maximum absolute atomic E-state index is 10.7. The van der Waals surface area contributed by atoms with E-state index in [1.807, 2.05) is 0 Å². The molecule has 0 saturated carbocycles. The van der Waals surface area contributed by atoms with Crippen molar-refractivity contribution in [2.45, 2.75) is 6.61 Å². The average molecular weight is 350 g/mol. The van der Waals surface area contributed by atoms with Gasteiger partial charge >= 0.3 is 0 Å². The quantitative estimate of drug-likeness (QED) is 0.374. The summed E-state index contributed by atoms with van der Waals surface area (Å²) in [6, 6.07) is 11.4. The van der Waals surface area contributed by atoms with Crippen LogP contribution in [0.25, 0.3) is 0 Å². The maximum Gasteiger partial charge on any atom is 0.273 e. The Labute approximate surface area is 129 Å². The van der Waals surface area contributed by atoms with E-state index in [-0.39, 0.29) is 18.1 Å². The molecule has 0 aromatic heterocycles. The summed E-state index contributed by atoms with van der Waals surface area (Å²) >= 11 is 3.29. The number of non-ortho nitro benzene ring substituents is 1. The SMILES string of the molecule is N=C(N)c1ccc(COc2cc([N+](=O)[O-])ccc2Br)cc1. The molecule has 0 heterocycles. The van der Waals surface area contributed by atoms with Crippen LogP contribution in [0.3, 0.4) is 0 Å². The summed E-state index contributed by atoms with van der Waals surface area (Å²) < 4.78 is 6.22. The van der Waals surface area contributed by atoms with Crippen molar-refractivity contribution in [1.82, 2.24) is 0 Å².